The van der Waals surface area contributed by atoms with Gasteiger partial charge in [-0.15, -0.1) is 11.8 Å². The fourth-order valence-corrected chi connectivity index (χ4v) is 5.01. The molecule has 1 heterocycles. The van der Waals surface area contributed by atoms with Gasteiger partial charge in [0.15, 0.2) is 0 Å². The molecule has 4 rings (SSSR count). The van der Waals surface area contributed by atoms with Gasteiger partial charge in [-0.3, -0.25) is 4.79 Å². The number of Topliss-reactive ketones (excluding diaryl/α,β-unsaturated/α-hetero) is 1. The number of ether oxygens (including phenoxy) is 2. The molecule has 0 fully saturated rings. The van der Waals surface area contributed by atoms with E-state index in [1.54, 1.807) is 25.8 Å². The van der Waals surface area contributed by atoms with Gasteiger partial charge in [-0.25, -0.2) is 0 Å². The maximum atomic E-state index is 12.9. The second-order valence-electron chi connectivity index (χ2n) is 7.15. The molecule has 2 aliphatic rings. The third kappa shape index (κ3) is 3.26. The summed E-state index contributed by atoms with van der Waals surface area (Å²) in [5.74, 6) is 3.37. The van der Waals surface area contributed by atoms with Crippen molar-refractivity contribution in [1.82, 2.24) is 0 Å². The van der Waals surface area contributed by atoms with Gasteiger partial charge in [0.25, 0.3) is 0 Å². The van der Waals surface area contributed by atoms with Crippen molar-refractivity contribution in [1.29, 1.82) is 0 Å². The van der Waals surface area contributed by atoms with Crippen LogP contribution in [0.4, 0.5) is 0 Å². The van der Waals surface area contributed by atoms with E-state index in [0.717, 1.165) is 47.7 Å². The maximum Gasteiger partial charge on any atom is 0.148 e. The normalized spacial score (nSPS) is 21.0. The molecule has 0 aromatic heterocycles. The summed E-state index contributed by atoms with van der Waals surface area (Å²) in [5.41, 5.74) is 1.40. The number of methoxy groups -OCH3 is 1. The number of rotatable bonds is 6. The zero-order valence-corrected chi connectivity index (χ0v) is 17.1. The summed E-state index contributed by atoms with van der Waals surface area (Å²) in [7, 11) is 1.66. The largest absolute Gasteiger partial charge is 0.497 e. The van der Waals surface area contributed by atoms with Crippen LogP contribution in [0.25, 0.3) is 5.57 Å². The third-order valence-electron chi connectivity index (χ3n) is 5.54. The minimum atomic E-state index is -0.653. The minimum absolute atomic E-state index is 0.156. The highest BCUT2D eigenvalue weighted by atomic mass is 32.2. The third-order valence-corrected chi connectivity index (χ3v) is 6.55. The molecule has 28 heavy (non-hydrogen) atoms. The number of fused-ring (bicyclic) bond motifs is 1. The van der Waals surface area contributed by atoms with Gasteiger partial charge in [-0.05, 0) is 62.1 Å². The van der Waals surface area contributed by atoms with Crippen molar-refractivity contribution in [3.05, 3.63) is 77.8 Å². The molecule has 1 aliphatic heterocycles. The molecule has 0 N–H and O–H groups in total. The first-order chi connectivity index (χ1) is 13.6. The Balaban J connectivity index is 1.78. The summed E-state index contributed by atoms with van der Waals surface area (Å²) in [4.78, 5) is 14.1. The molecule has 0 saturated carbocycles. The average Bonchev–Trinajstić information content (AvgIpc) is 3.08. The number of carbonyl (C=O) groups is 1. The van der Waals surface area contributed by atoms with E-state index in [1.165, 1.54) is 4.90 Å². The second kappa shape index (κ2) is 7.88. The van der Waals surface area contributed by atoms with Gasteiger partial charge in [0, 0.05) is 10.5 Å². The predicted molar refractivity (Wildman–Crippen MR) is 113 cm³/mol. The van der Waals surface area contributed by atoms with Crippen LogP contribution < -0.4 is 4.74 Å². The molecule has 1 atom stereocenters. The summed E-state index contributed by atoms with van der Waals surface area (Å²) >= 11 is 1.73. The fraction of sp³-hybridized carbons (Fsp3) is 0.292. The van der Waals surface area contributed by atoms with Gasteiger partial charge < -0.3 is 9.47 Å². The molecule has 3 nitrogen and oxygen atoms in total. The predicted octanol–water partition coefficient (Wildman–Crippen LogP) is 5.87. The Morgan fingerprint density at radius 1 is 1.14 bits per heavy atom. The zero-order chi connectivity index (χ0) is 19.6. The van der Waals surface area contributed by atoms with Crippen LogP contribution in [0.1, 0.15) is 31.7 Å². The molecule has 0 amide bonds. The molecular formula is C24H24O3S. The second-order valence-corrected chi connectivity index (χ2v) is 8.20. The SMILES string of the molecule is COc1ccc(C2=C(CSc3ccccc3)OC3=CCCCC32C(C)=O)cc1. The fourth-order valence-electron chi connectivity index (χ4n) is 4.15. The van der Waals surface area contributed by atoms with E-state index in [9.17, 15) is 4.79 Å². The van der Waals surface area contributed by atoms with Crippen molar-refractivity contribution in [3.8, 4) is 5.75 Å². The Morgan fingerprint density at radius 3 is 2.57 bits per heavy atom. The molecule has 0 spiro atoms. The van der Waals surface area contributed by atoms with Crippen LogP contribution in [0.15, 0.2) is 77.1 Å². The molecule has 1 unspecified atom stereocenters. The summed E-state index contributed by atoms with van der Waals surface area (Å²) in [5, 5.41) is 0. The van der Waals surface area contributed by atoms with Crippen molar-refractivity contribution in [3.63, 3.8) is 0 Å². The molecular weight excluding hydrogens is 368 g/mol. The van der Waals surface area contributed by atoms with Gasteiger partial charge in [0.05, 0.1) is 12.9 Å². The van der Waals surface area contributed by atoms with Gasteiger partial charge >= 0.3 is 0 Å². The van der Waals surface area contributed by atoms with E-state index >= 15 is 0 Å². The lowest BCUT2D eigenvalue weighted by Gasteiger charge is -2.32. The molecule has 144 valence electrons. The van der Waals surface area contributed by atoms with Gasteiger partial charge in [0.2, 0.25) is 0 Å². The molecule has 0 saturated heterocycles. The lowest BCUT2D eigenvalue weighted by atomic mass is 9.68. The first-order valence-corrected chi connectivity index (χ1v) is 10.6. The van der Waals surface area contributed by atoms with Crippen molar-refractivity contribution < 1.29 is 14.3 Å². The topological polar surface area (TPSA) is 35.5 Å². The van der Waals surface area contributed by atoms with Gasteiger partial charge in [-0.2, -0.15) is 0 Å². The Bertz CT molecular complexity index is 928. The van der Waals surface area contributed by atoms with Crippen molar-refractivity contribution in [2.75, 3.05) is 12.9 Å². The van der Waals surface area contributed by atoms with Crippen LogP contribution in [-0.2, 0) is 9.53 Å². The Hall–Kier alpha value is -2.46. The highest BCUT2D eigenvalue weighted by molar-refractivity contribution is 7.99. The van der Waals surface area contributed by atoms with Crippen LogP contribution >= 0.6 is 11.8 Å². The van der Waals surface area contributed by atoms with E-state index in [2.05, 4.69) is 18.2 Å². The first-order valence-electron chi connectivity index (χ1n) is 9.60. The molecule has 4 heteroatoms. The number of benzene rings is 2. The maximum absolute atomic E-state index is 12.9. The molecule has 0 bridgehead atoms. The summed E-state index contributed by atoms with van der Waals surface area (Å²) in [6, 6.07) is 18.3. The lowest BCUT2D eigenvalue weighted by molar-refractivity contribution is -0.123. The average molecular weight is 393 g/mol. The van der Waals surface area contributed by atoms with Crippen LogP contribution in [0.3, 0.4) is 0 Å². The van der Waals surface area contributed by atoms with E-state index in [4.69, 9.17) is 9.47 Å². The monoisotopic (exact) mass is 392 g/mol. The van der Waals surface area contributed by atoms with Crippen LogP contribution in [0.2, 0.25) is 0 Å². The highest BCUT2D eigenvalue weighted by Crippen LogP contribution is 2.56. The number of ketones is 1. The van der Waals surface area contributed by atoms with Crippen LogP contribution in [0.5, 0.6) is 5.75 Å². The zero-order valence-electron chi connectivity index (χ0n) is 16.2. The number of hydrogen-bond donors (Lipinski definition) is 0. The van der Waals surface area contributed by atoms with Crippen LogP contribution in [0, 0.1) is 5.41 Å². The first kappa shape index (κ1) is 18.9. The van der Waals surface area contributed by atoms with Crippen molar-refractivity contribution in [2.45, 2.75) is 31.1 Å². The lowest BCUT2D eigenvalue weighted by Crippen LogP contribution is -2.32. The quantitative estimate of drug-likeness (QED) is 0.576. The Kier molecular flexibility index (Phi) is 5.31. The molecule has 2 aromatic carbocycles. The van der Waals surface area contributed by atoms with E-state index in [-0.39, 0.29) is 5.78 Å². The summed E-state index contributed by atoms with van der Waals surface area (Å²) in [6.45, 7) is 1.69. The standard InChI is InChI=1S/C24H24O3S/c1-17(25)24-15-7-6-10-22(24)27-21(16-28-20-8-4-3-5-9-20)23(24)18-11-13-19(26-2)14-12-18/h3-5,8-14H,6-7,15-16H2,1-2H3. The minimum Gasteiger partial charge on any atom is -0.497 e. The smallest absolute Gasteiger partial charge is 0.148 e. The number of allylic oxidation sites excluding steroid dienone is 2. The van der Waals surface area contributed by atoms with Gasteiger partial charge in [0.1, 0.15) is 28.5 Å². The summed E-state index contributed by atoms with van der Waals surface area (Å²) in [6.07, 6.45) is 4.86. The summed E-state index contributed by atoms with van der Waals surface area (Å²) < 4.78 is 11.7. The number of carbonyl (C=O) groups excluding carboxylic acids is 1. The highest BCUT2D eigenvalue weighted by Gasteiger charge is 2.52. The van der Waals surface area contributed by atoms with E-state index in [1.807, 2.05) is 42.5 Å². The molecule has 2 aromatic rings. The van der Waals surface area contributed by atoms with Crippen LogP contribution in [-0.4, -0.2) is 18.6 Å². The Morgan fingerprint density at radius 2 is 1.89 bits per heavy atom. The Labute approximate surface area is 170 Å². The number of thioether (sulfide) groups is 1. The van der Waals surface area contributed by atoms with Gasteiger partial charge in [-0.1, -0.05) is 30.3 Å². The van der Waals surface area contributed by atoms with E-state index < -0.39 is 5.41 Å². The van der Waals surface area contributed by atoms with Crippen molar-refractivity contribution >= 4 is 23.1 Å². The number of hydrogen-bond acceptors (Lipinski definition) is 4. The van der Waals surface area contributed by atoms with Crippen molar-refractivity contribution in [2.24, 2.45) is 5.41 Å². The van der Waals surface area contributed by atoms with E-state index in [0.29, 0.717) is 5.75 Å². The molecule has 0 radical (unpaired) electrons. The molecule has 1 aliphatic carbocycles.